The van der Waals surface area contributed by atoms with Gasteiger partial charge in [0, 0.05) is 20.2 Å². The van der Waals surface area contributed by atoms with Crippen LogP contribution in [0.25, 0.3) is 0 Å². The van der Waals surface area contributed by atoms with Crippen molar-refractivity contribution in [2.24, 2.45) is 0 Å². The maximum absolute atomic E-state index is 11.9. The Morgan fingerprint density at radius 3 is 2.40 bits per heavy atom. The van der Waals surface area contributed by atoms with Crippen LogP contribution in [0, 0.1) is 6.92 Å². The molecule has 0 atom stereocenters. The van der Waals surface area contributed by atoms with Crippen molar-refractivity contribution in [1.29, 1.82) is 0 Å². The van der Waals surface area contributed by atoms with E-state index in [1.165, 1.54) is 44.4 Å². The first-order valence-electron chi connectivity index (χ1n) is 7.13. The van der Waals surface area contributed by atoms with Crippen LogP contribution in [0.3, 0.4) is 0 Å². The van der Waals surface area contributed by atoms with Crippen LogP contribution in [0.2, 0.25) is 0 Å². The quantitative estimate of drug-likeness (QED) is 0.757. The second kappa shape index (κ2) is 7.45. The minimum atomic E-state index is -3.58. The Morgan fingerprint density at radius 1 is 1.24 bits per heavy atom. The van der Waals surface area contributed by atoms with Gasteiger partial charge in [0.2, 0.25) is 10.0 Å². The molecule has 0 aliphatic carbocycles. The number of hydrogen-bond acceptors (Lipinski definition) is 7. The van der Waals surface area contributed by atoms with Gasteiger partial charge in [-0.3, -0.25) is 4.79 Å². The second-order valence-corrected chi connectivity index (χ2v) is 7.41. The van der Waals surface area contributed by atoms with Gasteiger partial charge >= 0.3 is 5.97 Å². The van der Waals surface area contributed by atoms with E-state index < -0.39 is 28.5 Å². The number of aryl methyl sites for hydroxylation is 1. The number of rotatable bonds is 6. The predicted molar refractivity (Wildman–Crippen MR) is 87.5 cm³/mol. The molecule has 0 fully saturated rings. The van der Waals surface area contributed by atoms with Gasteiger partial charge in [-0.2, -0.15) is 0 Å². The Morgan fingerprint density at radius 2 is 1.88 bits per heavy atom. The van der Waals surface area contributed by atoms with E-state index in [-0.39, 0.29) is 16.3 Å². The van der Waals surface area contributed by atoms with E-state index in [0.717, 1.165) is 4.31 Å². The highest BCUT2D eigenvalue weighted by Crippen LogP contribution is 2.14. The maximum atomic E-state index is 11.9. The molecule has 1 amide bonds. The van der Waals surface area contributed by atoms with Crippen molar-refractivity contribution in [2.45, 2.75) is 11.8 Å². The van der Waals surface area contributed by atoms with Gasteiger partial charge in [-0.25, -0.2) is 17.5 Å². The highest BCUT2D eigenvalue weighted by Gasteiger charge is 2.18. The van der Waals surface area contributed by atoms with E-state index >= 15 is 0 Å². The number of nitrogens with one attached hydrogen (secondary N) is 1. The van der Waals surface area contributed by atoms with Crippen LogP contribution in [0.1, 0.15) is 16.1 Å². The van der Waals surface area contributed by atoms with Crippen LogP contribution in [0.15, 0.2) is 39.8 Å². The van der Waals surface area contributed by atoms with E-state index in [1.54, 1.807) is 6.92 Å². The standard InChI is InChI=1S/C15H17N3O6S/c1-10-8-13(17-24-10)16-14(19)9-23-15(20)11-4-6-12(7-5-11)25(21,22)18(2)3/h4-8H,9H2,1-3H3,(H,16,17,19). The zero-order chi connectivity index (χ0) is 18.6. The van der Waals surface area contributed by atoms with Crippen LogP contribution in [-0.4, -0.2) is 50.5 Å². The SMILES string of the molecule is Cc1cc(NC(=O)COC(=O)c2ccc(S(=O)(=O)N(C)C)cc2)no1. The molecule has 0 aliphatic rings. The van der Waals surface area contributed by atoms with Gasteiger partial charge < -0.3 is 14.6 Å². The second-order valence-electron chi connectivity index (χ2n) is 5.26. The van der Waals surface area contributed by atoms with E-state index in [1.807, 2.05) is 0 Å². The van der Waals surface area contributed by atoms with E-state index in [9.17, 15) is 18.0 Å². The summed E-state index contributed by atoms with van der Waals surface area (Å²) in [5.41, 5.74) is 0.128. The summed E-state index contributed by atoms with van der Waals surface area (Å²) in [7, 11) is -0.758. The molecule has 0 unspecified atom stereocenters. The topological polar surface area (TPSA) is 119 Å². The molecule has 2 aromatic rings. The number of benzene rings is 1. The van der Waals surface area contributed by atoms with Gasteiger partial charge in [-0.15, -0.1) is 0 Å². The molecule has 0 saturated heterocycles. The summed E-state index contributed by atoms with van der Waals surface area (Å²) in [6.45, 7) is 1.16. The van der Waals surface area contributed by atoms with Crippen LogP contribution in [0.4, 0.5) is 5.82 Å². The number of anilines is 1. The van der Waals surface area contributed by atoms with Crippen molar-refractivity contribution in [3.05, 3.63) is 41.7 Å². The van der Waals surface area contributed by atoms with Crippen LogP contribution in [0.5, 0.6) is 0 Å². The van der Waals surface area contributed by atoms with Crippen molar-refractivity contribution in [2.75, 3.05) is 26.0 Å². The molecule has 2 rings (SSSR count). The summed E-state index contributed by atoms with van der Waals surface area (Å²) < 4.78 is 34.6. The Kier molecular flexibility index (Phi) is 5.55. The minimum Gasteiger partial charge on any atom is -0.452 e. The number of carbonyl (C=O) groups excluding carboxylic acids is 2. The van der Waals surface area contributed by atoms with E-state index in [4.69, 9.17) is 9.26 Å². The third-order valence-electron chi connectivity index (χ3n) is 3.10. The lowest BCUT2D eigenvalue weighted by Crippen LogP contribution is -2.22. The molecule has 0 saturated carbocycles. The number of sulfonamides is 1. The van der Waals surface area contributed by atoms with Gasteiger partial charge in [0.15, 0.2) is 12.4 Å². The molecule has 0 aliphatic heterocycles. The average Bonchev–Trinajstić information content (AvgIpc) is 2.97. The Hall–Kier alpha value is -2.72. The fourth-order valence-corrected chi connectivity index (χ4v) is 2.69. The smallest absolute Gasteiger partial charge is 0.338 e. The number of aromatic nitrogens is 1. The minimum absolute atomic E-state index is 0.0493. The first-order valence-corrected chi connectivity index (χ1v) is 8.57. The van der Waals surface area contributed by atoms with Crippen molar-refractivity contribution in [3.63, 3.8) is 0 Å². The van der Waals surface area contributed by atoms with Crippen LogP contribution < -0.4 is 5.32 Å². The van der Waals surface area contributed by atoms with Crippen LogP contribution >= 0.6 is 0 Å². The number of hydrogen-bond donors (Lipinski definition) is 1. The van der Waals surface area contributed by atoms with Gasteiger partial charge in [0.25, 0.3) is 5.91 Å². The highest BCUT2D eigenvalue weighted by atomic mass is 32.2. The first-order chi connectivity index (χ1) is 11.7. The average molecular weight is 367 g/mol. The summed E-state index contributed by atoms with van der Waals surface area (Å²) in [6.07, 6.45) is 0. The zero-order valence-corrected chi connectivity index (χ0v) is 14.7. The van der Waals surface area contributed by atoms with Gasteiger partial charge in [-0.05, 0) is 31.2 Å². The molecule has 9 nitrogen and oxygen atoms in total. The number of amides is 1. The third kappa shape index (κ3) is 4.64. The summed E-state index contributed by atoms with van der Waals surface area (Å²) >= 11 is 0. The molecule has 134 valence electrons. The maximum Gasteiger partial charge on any atom is 0.338 e. The largest absolute Gasteiger partial charge is 0.452 e. The zero-order valence-electron chi connectivity index (χ0n) is 13.8. The van der Waals surface area contributed by atoms with Crippen molar-refractivity contribution >= 4 is 27.7 Å². The number of esters is 1. The molecule has 0 bridgehead atoms. The molecule has 0 spiro atoms. The number of ether oxygens (including phenoxy) is 1. The lowest BCUT2D eigenvalue weighted by atomic mass is 10.2. The molecular formula is C15H17N3O6S. The van der Waals surface area contributed by atoms with Crippen LogP contribution in [-0.2, 0) is 19.6 Å². The molecule has 10 heteroatoms. The van der Waals surface area contributed by atoms with Gasteiger partial charge in [0.1, 0.15) is 5.76 Å². The Balaban J connectivity index is 1.93. The molecular weight excluding hydrogens is 350 g/mol. The molecule has 1 N–H and O–H groups in total. The lowest BCUT2D eigenvalue weighted by molar-refractivity contribution is -0.119. The van der Waals surface area contributed by atoms with Crippen molar-refractivity contribution < 1.29 is 27.3 Å². The van der Waals surface area contributed by atoms with Crippen molar-refractivity contribution in [3.8, 4) is 0 Å². The molecule has 1 aromatic heterocycles. The van der Waals surface area contributed by atoms with Crippen molar-refractivity contribution in [1.82, 2.24) is 9.46 Å². The monoisotopic (exact) mass is 367 g/mol. The Bertz CT molecular complexity index is 871. The molecule has 0 radical (unpaired) electrons. The van der Waals surface area contributed by atoms with Gasteiger partial charge in [0.05, 0.1) is 10.5 Å². The predicted octanol–water partition coefficient (Wildman–Crippen LogP) is 1.03. The number of carbonyl (C=O) groups is 2. The summed E-state index contributed by atoms with van der Waals surface area (Å²) in [6, 6.07) is 6.74. The Labute approximate surface area is 144 Å². The van der Waals surface area contributed by atoms with E-state index in [2.05, 4.69) is 10.5 Å². The van der Waals surface area contributed by atoms with Gasteiger partial charge in [-0.1, -0.05) is 5.16 Å². The molecule has 1 heterocycles. The third-order valence-corrected chi connectivity index (χ3v) is 4.93. The summed E-state index contributed by atoms with van der Waals surface area (Å²) in [5.74, 6) is -0.578. The summed E-state index contributed by atoms with van der Waals surface area (Å²) in [5, 5.41) is 5.98. The normalized spacial score (nSPS) is 11.4. The highest BCUT2D eigenvalue weighted by molar-refractivity contribution is 7.89. The molecule has 25 heavy (non-hydrogen) atoms. The lowest BCUT2D eigenvalue weighted by Gasteiger charge is -2.11. The fourth-order valence-electron chi connectivity index (χ4n) is 1.79. The fraction of sp³-hybridized carbons (Fsp3) is 0.267. The first kappa shape index (κ1) is 18.6. The van der Waals surface area contributed by atoms with E-state index in [0.29, 0.717) is 5.76 Å². The molecule has 1 aromatic carbocycles. The summed E-state index contributed by atoms with van der Waals surface area (Å²) in [4.78, 5) is 23.6. The number of nitrogens with zero attached hydrogens (tertiary/aromatic N) is 2.